The molecule has 1 unspecified atom stereocenters. The average molecular weight is 479 g/mol. The fourth-order valence-electron chi connectivity index (χ4n) is 3.91. The van der Waals surface area contributed by atoms with Gasteiger partial charge in [0.2, 0.25) is 0 Å². The van der Waals surface area contributed by atoms with Crippen molar-refractivity contribution in [2.45, 2.75) is 13.0 Å². The molecule has 0 saturated carbocycles. The van der Waals surface area contributed by atoms with Gasteiger partial charge in [0.15, 0.2) is 0 Å². The van der Waals surface area contributed by atoms with Crippen molar-refractivity contribution < 1.29 is 14.6 Å². The summed E-state index contributed by atoms with van der Waals surface area (Å²) in [7, 11) is 2.16. The van der Waals surface area contributed by atoms with E-state index in [-0.39, 0.29) is 13.2 Å². The van der Waals surface area contributed by atoms with Gasteiger partial charge in [0.05, 0.1) is 12.7 Å². The van der Waals surface area contributed by atoms with Gasteiger partial charge >= 0.3 is 0 Å². The maximum Gasteiger partial charge on any atom is 0.134 e. The lowest BCUT2D eigenvalue weighted by atomic mass is 10.0. The number of aliphatic hydroxyl groups is 2. The number of rotatable bonds is 8. The quantitative estimate of drug-likeness (QED) is 0.333. The molecule has 4 rings (SSSR count). The van der Waals surface area contributed by atoms with Crippen molar-refractivity contribution in [2.75, 3.05) is 51.3 Å². The summed E-state index contributed by atoms with van der Waals surface area (Å²) >= 11 is 1.12. The van der Waals surface area contributed by atoms with Crippen molar-refractivity contribution in [3.8, 4) is 17.4 Å². The first-order valence-electron chi connectivity index (χ1n) is 11.4. The summed E-state index contributed by atoms with van der Waals surface area (Å²) in [6, 6.07) is 18.9. The molecule has 0 spiro atoms. The maximum absolute atomic E-state index is 9.52. The summed E-state index contributed by atoms with van der Waals surface area (Å²) in [5, 5.41) is 30.2. The van der Waals surface area contributed by atoms with Crippen molar-refractivity contribution in [2.24, 2.45) is 0 Å². The highest BCUT2D eigenvalue weighted by Gasteiger charge is 2.15. The normalized spacial score (nSPS) is 16.4. The Morgan fingerprint density at radius 2 is 1.85 bits per heavy atom. The van der Waals surface area contributed by atoms with Gasteiger partial charge in [-0.3, -0.25) is 4.72 Å². The first kappa shape index (κ1) is 24.3. The van der Waals surface area contributed by atoms with Gasteiger partial charge in [-0.15, -0.1) is 0 Å². The summed E-state index contributed by atoms with van der Waals surface area (Å²) in [4.78, 5) is 5.24. The lowest BCUT2D eigenvalue weighted by Gasteiger charge is -2.34. The van der Waals surface area contributed by atoms with E-state index in [9.17, 15) is 10.4 Å². The summed E-state index contributed by atoms with van der Waals surface area (Å²) in [6.07, 6.45) is -0.867. The van der Waals surface area contributed by atoms with E-state index in [0.29, 0.717) is 16.2 Å². The zero-order valence-corrected chi connectivity index (χ0v) is 20.3. The number of benzene rings is 2. The second-order valence-corrected chi connectivity index (χ2v) is 9.45. The van der Waals surface area contributed by atoms with Crippen LogP contribution in [0.25, 0.3) is 27.7 Å². The molecule has 3 aromatic rings. The van der Waals surface area contributed by atoms with Crippen LogP contribution in [0.15, 0.2) is 57.9 Å². The van der Waals surface area contributed by atoms with Crippen LogP contribution in [-0.4, -0.2) is 67.6 Å². The maximum atomic E-state index is 9.52. The largest absolute Gasteiger partial charge is 0.456 e. The Morgan fingerprint density at radius 1 is 1.12 bits per heavy atom. The lowest BCUT2D eigenvalue weighted by Crippen LogP contribution is -2.44. The molecule has 8 heteroatoms. The minimum absolute atomic E-state index is 0.177. The van der Waals surface area contributed by atoms with Crippen molar-refractivity contribution in [3.63, 3.8) is 0 Å². The molecule has 1 fully saturated rings. The van der Waals surface area contributed by atoms with Crippen LogP contribution in [0, 0.1) is 11.3 Å². The number of nitrogens with one attached hydrogen (secondary N) is 1. The van der Waals surface area contributed by atoms with Crippen molar-refractivity contribution in [1.82, 2.24) is 9.62 Å². The Balaban J connectivity index is 1.51. The van der Waals surface area contributed by atoms with Crippen LogP contribution in [0.3, 0.4) is 0 Å². The molecule has 0 amide bonds. The molecule has 0 aliphatic carbocycles. The van der Waals surface area contributed by atoms with Crippen LogP contribution < -0.4 is 9.62 Å². The average Bonchev–Trinajstić information content (AvgIpc) is 3.36. The molecular weight excluding hydrogens is 448 g/mol. The Bertz CT molecular complexity index is 1210. The van der Waals surface area contributed by atoms with Gasteiger partial charge in [0.1, 0.15) is 22.5 Å². The summed E-state index contributed by atoms with van der Waals surface area (Å²) in [5.41, 5.74) is 2.95. The van der Waals surface area contributed by atoms with Crippen LogP contribution in [0.1, 0.15) is 12.7 Å². The Labute approximate surface area is 204 Å². The fraction of sp³-hybridized carbons (Fsp3) is 0.346. The fourth-order valence-corrected chi connectivity index (χ4v) is 4.63. The highest BCUT2D eigenvalue weighted by atomic mass is 32.2. The van der Waals surface area contributed by atoms with Gasteiger partial charge in [0, 0.05) is 49.5 Å². The molecule has 3 N–H and O–H groups in total. The Hall–Kier alpha value is -2.80. The molecule has 7 nitrogen and oxygen atoms in total. The van der Waals surface area contributed by atoms with Crippen LogP contribution in [0.2, 0.25) is 0 Å². The van der Waals surface area contributed by atoms with Crippen LogP contribution in [0.4, 0.5) is 5.69 Å². The van der Waals surface area contributed by atoms with Gasteiger partial charge in [-0.2, -0.15) is 5.26 Å². The van der Waals surface area contributed by atoms with Crippen LogP contribution in [0.5, 0.6) is 0 Å². The first-order valence-corrected chi connectivity index (χ1v) is 12.2. The monoisotopic (exact) mass is 478 g/mol. The van der Waals surface area contributed by atoms with Crippen LogP contribution in [-0.2, 0) is 0 Å². The standard InChI is InChI=1S/C26H30N4O3S/c1-18(26(15-27)34-28-16-23(32)17-31)24-7-8-25(33-24)21-4-3-20-14-22(6-5-19(20)13-21)30-11-9-29(2)10-12-30/h3-8,13-14,23,28,31-32H,9-12,16-17H2,1-2H3/b26-18+. The van der Waals surface area contributed by atoms with Crippen LogP contribution >= 0.6 is 11.9 Å². The molecule has 2 aromatic carbocycles. The van der Waals surface area contributed by atoms with E-state index in [4.69, 9.17) is 9.52 Å². The lowest BCUT2D eigenvalue weighted by molar-refractivity contribution is 0.0994. The molecule has 1 aliphatic heterocycles. The first-order chi connectivity index (χ1) is 16.5. The van der Waals surface area contributed by atoms with Crippen molar-refractivity contribution in [3.05, 3.63) is 59.2 Å². The van der Waals surface area contributed by atoms with Gasteiger partial charge in [-0.25, -0.2) is 0 Å². The van der Waals surface area contributed by atoms with E-state index in [1.165, 1.54) is 11.1 Å². The topological polar surface area (TPSA) is 95.9 Å². The number of piperazine rings is 1. The number of nitrogens with zero attached hydrogens (tertiary/aromatic N) is 3. The SMILES string of the molecule is C/C(=C(/C#N)SNCC(O)CO)c1ccc(-c2ccc3cc(N4CCN(C)CC4)ccc3c2)o1. The van der Waals surface area contributed by atoms with Gasteiger partial charge < -0.3 is 24.4 Å². The predicted molar refractivity (Wildman–Crippen MR) is 138 cm³/mol. The zero-order valence-electron chi connectivity index (χ0n) is 19.5. The van der Waals surface area contributed by atoms with Gasteiger partial charge in [-0.05, 0) is 67.0 Å². The number of likely N-dealkylation sites (N-methyl/N-ethyl adjacent to an activating group) is 1. The molecule has 0 bridgehead atoms. The highest BCUT2D eigenvalue weighted by molar-refractivity contribution is 8.01. The molecule has 0 radical (unpaired) electrons. The number of hydrogen-bond donors (Lipinski definition) is 3. The number of aliphatic hydroxyl groups excluding tert-OH is 2. The molecule has 178 valence electrons. The van der Waals surface area contributed by atoms with E-state index in [1.807, 2.05) is 19.1 Å². The summed E-state index contributed by atoms with van der Waals surface area (Å²) < 4.78 is 8.99. The molecule has 1 saturated heterocycles. The highest BCUT2D eigenvalue weighted by Crippen LogP contribution is 2.32. The number of allylic oxidation sites excluding steroid dienone is 2. The van der Waals surface area contributed by atoms with E-state index >= 15 is 0 Å². The number of anilines is 1. The zero-order chi connectivity index (χ0) is 24.1. The van der Waals surface area contributed by atoms with Crippen molar-refractivity contribution in [1.29, 1.82) is 5.26 Å². The molecule has 1 aliphatic rings. The summed E-state index contributed by atoms with van der Waals surface area (Å²) in [5.74, 6) is 1.36. The van der Waals surface area contributed by atoms with E-state index < -0.39 is 6.10 Å². The summed E-state index contributed by atoms with van der Waals surface area (Å²) in [6.45, 7) is 5.93. The minimum Gasteiger partial charge on any atom is -0.456 e. The third-order valence-corrected chi connectivity index (χ3v) is 7.01. The Morgan fingerprint density at radius 3 is 2.59 bits per heavy atom. The second kappa shape index (κ2) is 11.1. The second-order valence-electron chi connectivity index (χ2n) is 8.55. The smallest absolute Gasteiger partial charge is 0.134 e. The number of nitriles is 1. The molecular formula is C26H30N4O3S. The molecule has 1 atom stereocenters. The predicted octanol–water partition coefficient (Wildman–Crippen LogP) is 3.70. The molecule has 34 heavy (non-hydrogen) atoms. The van der Waals surface area contributed by atoms with Crippen molar-refractivity contribution >= 4 is 34.0 Å². The van der Waals surface area contributed by atoms with Gasteiger partial charge in [-0.1, -0.05) is 18.2 Å². The molecule has 2 heterocycles. The minimum atomic E-state index is -0.867. The third-order valence-electron chi connectivity index (χ3n) is 6.10. The van der Waals surface area contributed by atoms with E-state index in [0.717, 1.165) is 54.8 Å². The number of furan rings is 1. The van der Waals surface area contributed by atoms with E-state index in [2.05, 4.69) is 64.0 Å². The number of fused-ring (bicyclic) bond motifs is 1. The number of hydrogen-bond acceptors (Lipinski definition) is 8. The Kier molecular flexibility index (Phi) is 7.93. The third kappa shape index (κ3) is 5.63. The van der Waals surface area contributed by atoms with Gasteiger partial charge in [0.25, 0.3) is 0 Å². The van der Waals surface area contributed by atoms with E-state index in [1.54, 1.807) is 0 Å². The molecule has 1 aromatic heterocycles.